The first-order valence-corrected chi connectivity index (χ1v) is 5.70. The van der Waals surface area contributed by atoms with Gasteiger partial charge in [0.05, 0.1) is 11.3 Å². The zero-order valence-corrected chi connectivity index (χ0v) is 10.3. The lowest BCUT2D eigenvalue weighted by molar-refractivity contribution is 0.0697. The number of hydrogen-bond donors (Lipinski definition) is 4. The van der Waals surface area contributed by atoms with E-state index in [2.05, 4.69) is 5.32 Å². The van der Waals surface area contributed by atoms with Crippen LogP contribution in [0.3, 0.4) is 0 Å². The molecule has 0 unspecified atom stereocenters. The molecule has 2 aromatic carbocycles. The first-order chi connectivity index (χ1) is 9.47. The topological polar surface area (TPSA) is 113 Å². The largest absolute Gasteiger partial charge is 0.506 e. The first kappa shape index (κ1) is 13.4. The maximum absolute atomic E-state index is 10.9. The fraction of sp³-hybridized carbons (Fsp3) is 0. The van der Waals surface area contributed by atoms with Gasteiger partial charge in [0.1, 0.15) is 5.75 Å². The molecule has 0 aliphatic rings. The second kappa shape index (κ2) is 5.31. The van der Waals surface area contributed by atoms with Crippen LogP contribution in [0.2, 0.25) is 0 Å². The Labute approximate surface area is 114 Å². The molecule has 0 spiro atoms. The Morgan fingerprint density at radius 2 is 1.75 bits per heavy atom. The predicted octanol–water partition coefficient (Wildman–Crippen LogP) is 2.25. The summed E-state index contributed by atoms with van der Waals surface area (Å²) in [6.45, 7) is 0. The van der Waals surface area contributed by atoms with E-state index in [0.29, 0.717) is 11.1 Å². The number of nitrogens with two attached hydrogens (primary N) is 1. The third-order valence-corrected chi connectivity index (χ3v) is 2.70. The number of carboxylic acid groups (broad SMARTS) is 1. The Balaban J connectivity index is 2.45. The molecule has 6 heteroatoms. The van der Waals surface area contributed by atoms with E-state index in [0.717, 1.165) is 0 Å². The molecule has 5 N–H and O–H groups in total. The van der Waals surface area contributed by atoms with Crippen molar-refractivity contribution in [3.05, 3.63) is 48.0 Å². The Kier molecular flexibility index (Phi) is 3.56. The van der Waals surface area contributed by atoms with E-state index in [1.54, 1.807) is 18.2 Å². The third-order valence-electron chi connectivity index (χ3n) is 2.70. The van der Waals surface area contributed by atoms with Crippen LogP contribution in [0, 0.1) is 0 Å². The van der Waals surface area contributed by atoms with Gasteiger partial charge in [0.25, 0.3) is 0 Å². The quantitative estimate of drug-likeness (QED) is 0.642. The van der Waals surface area contributed by atoms with Crippen LogP contribution in [0.15, 0.2) is 42.5 Å². The van der Waals surface area contributed by atoms with Crippen molar-refractivity contribution in [2.45, 2.75) is 0 Å². The summed E-state index contributed by atoms with van der Waals surface area (Å²) in [5.74, 6) is -1.15. The van der Waals surface area contributed by atoms with E-state index in [1.807, 2.05) is 0 Å². The zero-order chi connectivity index (χ0) is 14.7. The second-order valence-corrected chi connectivity index (χ2v) is 4.11. The number of benzene rings is 2. The number of hydrogen-bond acceptors (Lipinski definition) is 3. The minimum absolute atomic E-state index is 0.123. The molecule has 0 fully saturated rings. The van der Waals surface area contributed by atoms with Gasteiger partial charge < -0.3 is 21.3 Å². The second-order valence-electron chi connectivity index (χ2n) is 4.11. The summed E-state index contributed by atoms with van der Waals surface area (Å²) in [4.78, 5) is 21.8. The van der Waals surface area contributed by atoms with Crippen LogP contribution < -0.4 is 11.1 Å². The van der Waals surface area contributed by atoms with Crippen LogP contribution in [0.5, 0.6) is 5.75 Å². The third kappa shape index (κ3) is 2.86. The number of aromatic carboxylic acids is 1. The van der Waals surface area contributed by atoms with E-state index < -0.39 is 12.0 Å². The number of amides is 2. The number of urea groups is 1. The van der Waals surface area contributed by atoms with E-state index in [-0.39, 0.29) is 17.0 Å². The molecular weight excluding hydrogens is 260 g/mol. The summed E-state index contributed by atoms with van der Waals surface area (Å²) in [6.07, 6.45) is 0. The minimum Gasteiger partial charge on any atom is -0.506 e. The molecule has 0 radical (unpaired) electrons. The molecule has 0 heterocycles. The molecule has 0 saturated heterocycles. The summed E-state index contributed by atoms with van der Waals surface area (Å²) < 4.78 is 0. The number of aromatic hydroxyl groups is 1. The smallest absolute Gasteiger partial charge is 0.335 e. The predicted molar refractivity (Wildman–Crippen MR) is 73.7 cm³/mol. The highest BCUT2D eigenvalue weighted by molar-refractivity contribution is 5.92. The molecule has 2 rings (SSSR count). The maximum Gasteiger partial charge on any atom is 0.335 e. The number of carboxylic acids is 1. The highest BCUT2D eigenvalue weighted by Crippen LogP contribution is 2.30. The SMILES string of the molecule is NC(=O)Nc1cc(-c2cccc(C(=O)O)c2)ccc1O. The fourth-order valence-corrected chi connectivity index (χ4v) is 1.78. The molecule has 2 aromatic rings. The zero-order valence-electron chi connectivity index (χ0n) is 10.3. The normalized spacial score (nSPS) is 10.0. The maximum atomic E-state index is 10.9. The van der Waals surface area contributed by atoms with Gasteiger partial charge in [-0.15, -0.1) is 0 Å². The fourth-order valence-electron chi connectivity index (χ4n) is 1.78. The van der Waals surface area contributed by atoms with Crippen molar-refractivity contribution >= 4 is 17.7 Å². The Morgan fingerprint density at radius 1 is 1.05 bits per heavy atom. The lowest BCUT2D eigenvalue weighted by Gasteiger charge is -2.08. The van der Waals surface area contributed by atoms with Gasteiger partial charge in [0, 0.05) is 0 Å². The highest BCUT2D eigenvalue weighted by Gasteiger charge is 2.08. The van der Waals surface area contributed by atoms with Crippen LogP contribution in [-0.4, -0.2) is 22.2 Å². The molecule has 0 aliphatic heterocycles. The van der Waals surface area contributed by atoms with Crippen molar-refractivity contribution in [2.75, 3.05) is 5.32 Å². The van der Waals surface area contributed by atoms with Crippen molar-refractivity contribution in [1.29, 1.82) is 0 Å². The summed E-state index contributed by atoms with van der Waals surface area (Å²) in [6, 6.07) is 10.1. The van der Waals surface area contributed by atoms with Gasteiger partial charge in [-0.3, -0.25) is 0 Å². The summed E-state index contributed by atoms with van der Waals surface area (Å²) in [5, 5.41) is 20.9. The Morgan fingerprint density at radius 3 is 2.40 bits per heavy atom. The van der Waals surface area contributed by atoms with E-state index in [1.165, 1.54) is 24.3 Å². The molecule has 0 atom stereocenters. The number of carbonyl (C=O) groups is 2. The van der Waals surface area contributed by atoms with E-state index >= 15 is 0 Å². The highest BCUT2D eigenvalue weighted by atomic mass is 16.4. The number of primary amides is 1. The van der Waals surface area contributed by atoms with Crippen molar-refractivity contribution in [3.63, 3.8) is 0 Å². The van der Waals surface area contributed by atoms with Gasteiger partial charge in [0.2, 0.25) is 0 Å². The van der Waals surface area contributed by atoms with Crippen LogP contribution in [-0.2, 0) is 0 Å². The van der Waals surface area contributed by atoms with Gasteiger partial charge in [-0.1, -0.05) is 18.2 Å². The standard InChI is InChI=1S/C14H12N2O4/c15-14(20)16-11-7-9(4-5-12(11)17)8-2-1-3-10(6-8)13(18)19/h1-7,17H,(H,18,19)(H3,15,16,20). The lowest BCUT2D eigenvalue weighted by atomic mass is 10.0. The van der Waals surface area contributed by atoms with E-state index in [4.69, 9.17) is 10.8 Å². The molecule has 102 valence electrons. The van der Waals surface area contributed by atoms with Gasteiger partial charge in [-0.25, -0.2) is 9.59 Å². The molecule has 0 aliphatic carbocycles. The molecular formula is C14H12N2O4. The minimum atomic E-state index is -1.03. The molecule has 6 nitrogen and oxygen atoms in total. The van der Waals surface area contributed by atoms with Crippen molar-refractivity contribution in [2.24, 2.45) is 5.73 Å². The Bertz CT molecular complexity index is 683. The monoisotopic (exact) mass is 272 g/mol. The van der Waals surface area contributed by atoms with Crippen LogP contribution in [0.1, 0.15) is 10.4 Å². The number of phenolic OH excluding ortho intramolecular Hbond substituents is 1. The molecule has 0 bridgehead atoms. The van der Waals surface area contributed by atoms with Crippen LogP contribution >= 0.6 is 0 Å². The van der Waals surface area contributed by atoms with Crippen molar-refractivity contribution < 1.29 is 19.8 Å². The summed E-state index contributed by atoms with van der Waals surface area (Å²) >= 11 is 0. The van der Waals surface area contributed by atoms with Crippen LogP contribution in [0.25, 0.3) is 11.1 Å². The van der Waals surface area contributed by atoms with Gasteiger partial charge in [-0.2, -0.15) is 0 Å². The van der Waals surface area contributed by atoms with E-state index in [9.17, 15) is 14.7 Å². The molecule has 0 saturated carbocycles. The number of carbonyl (C=O) groups excluding carboxylic acids is 1. The number of rotatable bonds is 3. The number of anilines is 1. The van der Waals surface area contributed by atoms with Gasteiger partial charge in [0.15, 0.2) is 0 Å². The van der Waals surface area contributed by atoms with Gasteiger partial charge >= 0.3 is 12.0 Å². The van der Waals surface area contributed by atoms with Crippen molar-refractivity contribution in [3.8, 4) is 16.9 Å². The molecule has 2 amide bonds. The van der Waals surface area contributed by atoms with Crippen LogP contribution in [0.4, 0.5) is 10.5 Å². The average Bonchev–Trinajstić information content (AvgIpc) is 2.41. The first-order valence-electron chi connectivity index (χ1n) is 5.70. The van der Waals surface area contributed by atoms with Crippen molar-refractivity contribution in [1.82, 2.24) is 0 Å². The van der Waals surface area contributed by atoms with Gasteiger partial charge in [-0.05, 0) is 35.4 Å². The Hall–Kier alpha value is -3.02. The molecule has 20 heavy (non-hydrogen) atoms. The lowest BCUT2D eigenvalue weighted by Crippen LogP contribution is -2.19. The number of phenols is 1. The number of nitrogens with one attached hydrogen (secondary N) is 1. The molecule has 0 aromatic heterocycles. The summed E-state index contributed by atoms with van der Waals surface area (Å²) in [7, 11) is 0. The summed E-state index contributed by atoms with van der Waals surface area (Å²) in [5.41, 5.74) is 6.62. The average molecular weight is 272 g/mol.